The molecule has 2 aromatic carbocycles. The Labute approximate surface area is 197 Å². The van der Waals surface area contributed by atoms with Gasteiger partial charge in [-0.15, -0.1) is 0 Å². The van der Waals surface area contributed by atoms with Crippen LogP contribution in [0.25, 0.3) is 10.2 Å². The zero-order chi connectivity index (χ0) is 22.7. The van der Waals surface area contributed by atoms with Crippen LogP contribution >= 0.6 is 22.9 Å². The summed E-state index contributed by atoms with van der Waals surface area (Å²) in [7, 11) is -3.22. The number of carbonyl (C=O) groups is 1. The molecule has 0 spiro atoms. The van der Waals surface area contributed by atoms with Gasteiger partial charge >= 0.3 is 0 Å². The van der Waals surface area contributed by atoms with Gasteiger partial charge in [-0.3, -0.25) is 4.79 Å². The lowest BCUT2D eigenvalue weighted by atomic mass is 10.2. The van der Waals surface area contributed by atoms with Crippen LogP contribution in [0.4, 0.5) is 5.13 Å². The van der Waals surface area contributed by atoms with E-state index < -0.39 is 9.84 Å². The highest BCUT2D eigenvalue weighted by Gasteiger charge is 2.24. The van der Waals surface area contributed by atoms with Gasteiger partial charge in [0.05, 0.1) is 26.7 Å². The van der Waals surface area contributed by atoms with Gasteiger partial charge < -0.3 is 9.80 Å². The van der Waals surface area contributed by atoms with Crippen LogP contribution in [0.3, 0.4) is 0 Å². The van der Waals surface area contributed by atoms with E-state index in [0.717, 1.165) is 26.5 Å². The zero-order valence-electron chi connectivity index (χ0n) is 18.0. The quantitative estimate of drug-likeness (QED) is 0.492. The van der Waals surface area contributed by atoms with Crippen LogP contribution in [0.1, 0.15) is 24.0 Å². The molecule has 0 N–H and O–H groups in total. The van der Waals surface area contributed by atoms with E-state index in [0.29, 0.717) is 37.6 Å². The molecule has 0 atom stereocenters. The van der Waals surface area contributed by atoms with E-state index in [1.165, 1.54) is 0 Å². The molecular formula is C23H26ClN3O3S2. The van der Waals surface area contributed by atoms with Gasteiger partial charge in [-0.25, -0.2) is 13.4 Å². The minimum absolute atomic E-state index is 0.0164. The number of aryl methyl sites for hydroxylation is 1. The van der Waals surface area contributed by atoms with Crippen molar-refractivity contribution in [2.75, 3.05) is 36.8 Å². The minimum atomic E-state index is -3.22. The number of hydrogen-bond donors (Lipinski definition) is 0. The summed E-state index contributed by atoms with van der Waals surface area (Å²) in [5, 5.41) is 1.64. The van der Waals surface area contributed by atoms with Crippen LogP contribution in [0.2, 0.25) is 5.02 Å². The Morgan fingerprint density at radius 2 is 1.81 bits per heavy atom. The summed E-state index contributed by atoms with van der Waals surface area (Å²) in [4.78, 5) is 21.4. The lowest BCUT2D eigenvalue weighted by Gasteiger charge is -2.34. The number of halogens is 1. The maximum Gasteiger partial charge on any atom is 0.222 e. The Hall–Kier alpha value is -2.16. The third-order valence-corrected chi connectivity index (χ3v) is 8.92. The van der Waals surface area contributed by atoms with Crippen LogP contribution in [0, 0.1) is 6.92 Å². The Bertz CT molecular complexity index is 1160. The van der Waals surface area contributed by atoms with Crippen molar-refractivity contribution in [3.8, 4) is 0 Å². The summed E-state index contributed by atoms with van der Waals surface area (Å²) >= 11 is 7.91. The first-order valence-corrected chi connectivity index (χ1v) is 13.7. The molecule has 0 radical (unpaired) electrons. The van der Waals surface area contributed by atoms with E-state index in [-0.39, 0.29) is 23.8 Å². The minimum Gasteiger partial charge on any atom is -0.345 e. The third-order valence-electron chi connectivity index (χ3n) is 5.66. The zero-order valence-corrected chi connectivity index (χ0v) is 20.3. The summed E-state index contributed by atoms with van der Waals surface area (Å²) < 4.78 is 25.7. The molecule has 0 unspecified atom stereocenters. The second-order valence-corrected chi connectivity index (χ2v) is 11.7. The largest absolute Gasteiger partial charge is 0.345 e. The first kappa shape index (κ1) is 23.0. The number of amides is 1. The van der Waals surface area contributed by atoms with E-state index >= 15 is 0 Å². The number of anilines is 1. The predicted octanol–water partition coefficient (Wildman–Crippen LogP) is 4.30. The van der Waals surface area contributed by atoms with Crippen LogP contribution in [-0.4, -0.2) is 56.1 Å². The molecule has 1 saturated heterocycles. The van der Waals surface area contributed by atoms with Gasteiger partial charge in [0.15, 0.2) is 15.0 Å². The van der Waals surface area contributed by atoms with Gasteiger partial charge in [0.1, 0.15) is 0 Å². The molecule has 1 amide bonds. The van der Waals surface area contributed by atoms with E-state index in [4.69, 9.17) is 16.6 Å². The van der Waals surface area contributed by atoms with Crippen molar-refractivity contribution in [2.45, 2.75) is 25.5 Å². The molecule has 9 heteroatoms. The number of nitrogens with zero attached hydrogens (tertiary/aromatic N) is 3. The van der Waals surface area contributed by atoms with Gasteiger partial charge in [-0.2, -0.15) is 0 Å². The fourth-order valence-electron chi connectivity index (χ4n) is 3.87. The molecule has 6 nitrogen and oxygen atoms in total. The topological polar surface area (TPSA) is 70.6 Å². The maximum atomic E-state index is 12.6. The highest BCUT2D eigenvalue weighted by molar-refractivity contribution is 7.90. The number of aromatic nitrogens is 1. The monoisotopic (exact) mass is 491 g/mol. The average Bonchev–Trinajstić information content (AvgIpc) is 3.24. The molecule has 0 saturated carbocycles. The number of thiazole rings is 1. The van der Waals surface area contributed by atoms with Gasteiger partial charge in [-0.05, 0) is 30.5 Å². The molecule has 2 heterocycles. The van der Waals surface area contributed by atoms with Gasteiger partial charge in [0.2, 0.25) is 5.91 Å². The molecule has 3 aromatic rings. The number of rotatable bonds is 7. The smallest absolute Gasteiger partial charge is 0.222 e. The first-order valence-electron chi connectivity index (χ1n) is 10.6. The summed E-state index contributed by atoms with van der Waals surface area (Å²) in [6.45, 7) is 4.65. The Kier molecular flexibility index (Phi) is 7.02. The highest BCUT2D eigenvalue weighted by atomic mass is 35.5. The molecule has 1 aliphatic heterocycles. The first-order chi connectivity index (χ1) is 15.3. The number of fused-ring (bicyclic) bond motifs is 1. The van der Waals surface area contributed by atoms with Crippen molar-refractivity contribution in [3.63, 3.8) is 0 Å². The van der Waals surface area contributed by atoms with Crippen molar-refractivity contribution in [1.29, 1.82) is 0 Å². The third kappa shape index (κ3) is 5.42. The summed E-state index contributed by atoms with van der Waals surface area (Å²) in [5.41, 5.74) is 2.82. The molecule has 4 rings (SSSR count). The number of piperazine rings is 1. The van der Waals surface area contributed by atoms with Crippen LogP contribution in [-0.2, 0) is 20.4 Å². The molecule has 32 heavy (non-hydrogen) atoms. The SMILES string of the molecule is Cc1ccc(Cl)c2sc(N3CCN(C(=O)CCCS(=O)(=O)Cc4ccccc4)CC3)nc12. The normalized spacial score (nSPS) is 14.8. The van der Waals surface area contributed by atoms with Crippen molar-refractivity contribution >= 4 is 54.0 Å². The Balaban J connectivity index is 1.27. The highest BCUT2D eigenvalue weighted by Crippen LogP contribution is 2.35. The fourth-order valence-corrected chi connectivity index (χ4v) is 6.67. The van der Waals surface area contributed by atoms with Crippen LogP contribution in [0.5, 0.6) is 0 Å². The molecule has 1 aliphatic rings. The van der Waals surface area contributed by atoms with E-state index in [9.17, 15) is 13.2 Å². The van der Waals surface area contributed by atoms with E-state index in [1.54, 1.807) is 11.3 Å². The lowest BCUT2D eigenvalue weighted by molar-refractivity contribution is -0.131. The Morgan fingerprint density at radius 3 is 2.50 bits per heavy atom. The van der Waals surface area contributed by atoms with E-state index in [1.807, 2.05) is 54.3 Å². The molecule has 1 aromatic heterocycles. The molecule has 170 valence electrons. The average molecular weight is 492 g/mol. The molecule has 0 aliphatic carbocycles. The van der Waals surface area contributed by atoms with Gasteiger partial charge in [-0.1, -0.05) is 59.3 Å². The van der Waals surface area contributed by atoms with Crippen molar-refractivity contribution in [2.24, 2.45) is 0 Å². The van der Waals surface area contributed by atoms with Crippen LogP contribution < -0.4 is 4.90 Å². The second kappa shape index (κ2) is 9.77. The summed E-state index contributed by atoms with van der Waals surface area (Å²) in [6, 6.07) is 13.0. The number of sulfone groups is 1. The van der Waals surface area contributed by atoms with Crippen molar-refractivity contribution in [3.05, 3.63) is 58.6 Å². The molecule has 1 fully saturated rings. The second-order valence-electron chi connectivity index (χ2n) is 8.09. The standard InChI is InChI=1S/C23H26ClN3O3S2/c1-17-9-10-19(24)22-21(17)25-23(31-22)27-13-11-26(12-14-27)20(28)8-5-15-32(29,30)16-18-6-3-2-4-7-18/h2-4,6-7,9-10H,5,8,11-16H2,1H3. The maximum absolute atomic E-state index is 12.6. The summed E-state index contributed by atoms with van der Waals surface area (Å²) in [5.74, 6) is 0.0638. The number of carbonyl (C=O) groups excluding carboxylic acids is 1. The van der Waals surface area contributed by atoms with E-state index in [2.05, 4.69) is 4.90 Å². The van der Waals surface area contributed by atoms with Crippen LogP contribution in [0.15, 0.2) is 42.5 Å². The van der Waals surface area contributed by atoms with Crippen molar-refractivity contribution in [1.82, 2.24) is 9.88 Å². The molecule has 0 bridgehead atoms. The van der Waals surface area contributed by atoms with Gasteiger partial charge in [0, 0.05) is 32.6 Å². The summed E-state index contributed by atoms with van der Waals surface area (Å²) in [6.07, 6.45) is 0.605. The number of benzene rings is 2. The lowest BCUT2D eigenvalue weighted by Crippen LogP contribution is -2.48. The molecular weight excluding hydrogens is 466 g/mol. The van der Waals surface area contributed by atoms with Crippen molar-refractivity contribution < 1.29 is 13.2 Å². The predicted molar refractivity (Wildman–Crippen MR) is 131 cm³/mol. The number of hydrogen-bond acceptors (Lipinski definition) is 6. The Morgan fingerprint density at radius 1 is 1.09 bits per heavy atom. The van der Waals surface area contributed by atoms with Gasteiger partial charge in [0.25, 0.3) is 0 Å². The fraction of sp³-hybridized carbons (Fsp3) is 0.391.